The zero-order chi connectivity index (χ0) is 8.77. The molecule has 3 heteroatoms. The van der Waals surface area contributed by atoms with Crippen molar-refractivity contribution in [2.45, 2.75) is 24.2 Å². The molecule has 1 aliphatic heterocycles. The molecule has 3 nitrogen and oxygen atoms in total. The Morgan fingerprint density at radius 3 is 3.25 bits per heavy atom. The van der Waals surface area contributed by atoms with Gasteiger partial charge in [-0.3, -0.25) is 4.79 Å². The monoisotopic (exact) mass is 166 g/mol. The third-order valence-electron chi connectivity index (χ3n) is 2.32. The second-order valence-electron chi connectivity index (χ2n) is 3.16. The summed E-state index contributed by atoms with van der Waals surface area (Å²) in [5, 5.41) is 9.85. The van der Waals surface area contributed by atoms with E-state index in [0.29, 0.717) is 0 Å². The molecule has 3 atom stereocenters. The van der Waals surface area contributed by atoms with Crippen molar-refractivity contribution in [1.29, 1.82) is 0 Å². The summed E-state index contributed by atoms with van der Waals surface area (Å²) in [5.74, 6) is -0.277. The first-order valence-corrected chi connectivity index (χ1v) is 3.90. The van der Waals surface area contributed by atoms with Gasteiger partial charge >= 0.3 is 0 Å². The highest BCUT2D eigenvalue weighted by atomic mass is 16.6. The molecule has 0 unspecified atom stereocenters. The fourth-order valence-electron chi connectivity index (χ4n) is 1.56. The van der Waals surface area contributed by atoms with Crippen molar-refractivity contribution in [2.24, 2.45) is 0 Å². The standard InChI is InChI=1S/C9H10O3/c1-2-5-9(11)7(10)4-3-6-8(9)12-6/h2-4,6,8,11H,1,5H2/t6-,8-,9+/m0/s1. The number of epoxide rings is 1. The molecule has 1 aliphatic carbocycles. The predicted octanol–water partition coefficient (Wildman–Crippen LogP) is 0.200. The van der Waals surface area contributed by atoms with Gasteiger partial charge in [0.1, 0.15) is 12.2 Å². The fourth-order valence-corrected chi connectivity index (χ4v) is 1.56. The van der Waals surface area contributed by atoms with Crippen LogP contribution < -0.4 is 0 Å². The topological polar surface area (TPSA) is 49.8 Å². The molecule has 0 radical (unpaired) electrons. The third kappa shape index (κ3) is 0.869. The average Bonchev–Trinajstić information content (AvgIpc) is 2.78. The summed E-state index contributed by atoms with van der Waals surface area (Å²) in [7, 11) is 0. The van der Waals surface area contributed by atoms with Crippen molar-refractivity contribution in [2.75, 3.05) is 0 Å². The van der Waals surface area contributed by atoms with Crippen LogP contribution in [0.25, 0.3) is 0 Å². The molecule has 0 aromatic heterocycles. The van der Waals surface area contributed by atoms with Crippen LogP contribution >= 0.6 is 0 Å². The SMILES string of the molecule is C=CC[C@@]1(O)C(=O)C=C[C@@H]2O[C@@H]21. The van der Waals surface area contributed by atoms with Gasteiger partial charge in [-0.05, 0) is 12.2 Å². The van der Waals surface area contributed by atoms with Gasteiger partial charge in [-0.1, -0.05) is 6.08 Å². The molecule has 12 heavy (non-hydrogen) atoms. The largest absolute Gasteiger partial charge is 0.378 e. The van der Waals surface area contributed by atoms with E-state index in [1.165, 1.54) is 12.2 Å². The molecule has 0 amide bonds. The van der Waals surface area contributed by atoms with Gasteiger partial charge in [0, 0.05) is 6.42 Å². The quantitative estimate of drug-likeness (QED) is 0.471. The molecule has 0 spiro atoms. The number of carbonyl (C=O) groups excluding carboxylic acids is 1. The third-order valence-corrected chi connectivity index (χ3v) is 2.32. The molecule has 0 aromatic rings. The highest BCUT2D eigenvalue weighted by molar-refractivity contribution is 5.99. The molecule has 2 rings (SSSR count). The van der Waals surface area contributed by atoms with E-state index in [4.69, 9.17) is 4.74 Å². The Morgan fingerprint density at radius 2 is 2.58 bits per heavy atom. The number of rotatable bonds is 2. The Balaban J connectivity index is 2.28. The molecule has 2 aliphatic rings. The maximum Gasteiger partial charge on any atom is 0.190 e. The van der Waals surface area contributed by atoms with Gasteiger partial charge in [-0.25, -0.2) is 0 Å². The first-order chi connectivity index (χ1) is 5.68. The predicted molar refractivity (Wildman–Crippen MR) is 42.6 cm³/mol. The summed E-state index contributed by atoms with van der Waals surface area (Å²) in [6.07, 6.45) is 4.47. The lowest BCUT2D eigenvalue weighted by atomic mass is 9.85. The summed E-state index contributed by atoms with van der Waals surface area (Å²) in [6, 6.07) is 0. The van der Waals surface area contributed by atoms with Crippen LogP contribution in [0.1, 0.15) is 6.42 Å². The molecular formula is C9H10O3. The van der Waals surface area contributed by atoms with Gasteiger partial charge in [0.15, 0.2) is 11.4 Å². The number of carbonyl (C=O) groups is 1. The van der Waals surface area contributed by atoms with Crippen molar-refractivity contribution in [3.05, 3.63) is 24.8 Å². The number of ketones is 1. The molecule has 0 saturated carbocycles. The molecule has 1 fully saturated rings. The van der Waals surface area contributed by atoms with Gasteiger partial charge in [-0.15, -0.1) is 6.58 Å². The normalized spacial score (nSPS) is 43.9. The zero-order valence-electron chi connectivity index (χ0n) is 6.56. The van der Waals surface area contributed by atoms with E-state index in [1.807, 2.05) is 0 Å². The van der Waals surface area contributed by atoms with E-state index in [2.05, 4.69) is 6.58 Å². The Morgan fingerprint density at radius 1 is 1.83 bits per heavy atom. The maximum atomic E-state index is 11.3. The van der Waals surface area contributed by atoms with Crippen LogP contribution in [0.15, 0.2) is 24.8 Å². The minimum Gasteiger partial charge on any atom is -0.378 e. The van der Waals surface area contributed by atoms with E-state index < -0.39 is 5.60 Å². The van der Waals surface area contributed by atoms with Crippen molar-refractivity contribution >= 4 is 5.78 Å². The average molecular weight is 166 g/mol. The van der Waals surface area contributed by atoms with Crippen molar-refractivity contribution < 1.29 is 14.6 Å². The highest BCUT2D eigenvalue weighted by Gasteiger charge is 2.58. The van der Waals surface area contributed by atoms with Crippen LogP contribution in [-0.4, -0.2) is 28.7 Å². The summed E-state index contributed by atoms with van der Waals surface area (Å²) in [5.41, 5.74) is -1.35. The summed E-state index contributed by atoms with van der Waals surface area (Å²) < 4.78 is 5.11. The lowest BCUT2D eigenvalue weighted by molar-refractivity contribution is -0.134. The first kappa shape index (κ1) is 7.71. The molecule has 0 aromatic carbocycles. The lowest BCUT2D eigenvalue weighted by Crippen LogP contribution is -2.45. The van der Waals surface area contributed by atoms with Gasteiger partial charge < -0.3 is 9.84 Å². The smallest absolute Gasteiger partial charge is 0.190 e. The van der Waals surface area contributed by atoms with E-state index in [-0.39, 0.29) is 24.4 Å². The molecule has 1 heterocycles. The van der Waals surface area contributed by atoms with E-state index in [1.54, 1.807) is 6.08 Å². The summed E-state index contributed by atoms with van der Waals surface area (Å²) in [6.45, 7) is 3.50. The molecule has 1 N–H and O–H groups in total. The van der Waals surface area contributed by atoms with Gasteiger partial charge in [-0.2, -0.15) is 0 Å². The summed E-state index contributed by atoms with van der Waals surface area (Å²) >= 11 is 0. The van der Waals surface area contributed by atoms with Gasteiger partial charge in [0.25, 0.3) is 0 Å². The van der Waals surface area contributed by atoms with Gasteiger partial charge in [0.2, 0.25) is 0 Å². The minimum atomic E-state index is -1.35. The minimum absolute atomic E-state index is 0.0624. The van der Waals surface area contributed by atoms with Crippen LogP contribution in [0.5, 0.6) is 0 Å². The second kappa shape index (κ2) is 2.28. The van der Waals surface area contributed by atoms with Crippen molar-refractivity contribution in [1.82, 2.24) is 0 Å². The molecular weight excluding hydrogens is 156 g/mol. The van der Waals surface area contributed by atoms with E-state index >= 15 is 0 Å². The number of hydrogen-bond donors (Lipinski definition) is 1. The fraction of sp³-hybridized carbons (Fsp3) is 0.444. The van der Waals surface area contributed by atoms with Crippen LogP contribution in [0.4, 0.5) is 0 Å². The Kier molecular flexibility index (Phi) is 1.46. The van der Waals surface area contributed by atoms with E-state index in [9.17, 15) is 9.90 Å². The zero-order valence-corrected chi connectivity index (χ0v) is 6.56. The van der Waals surface area contributed by atoms with Crippen molar-refractivity contribution in [3.8, 4) is 0 Å². The molecule has 0 bridgehead atoms. The van der Waals surface area contributed by atoms with E-state index in [0.717, 1.165) is 0 Å². The molecule has 1 saturated heterocycles. The highest BCUT2D eigenvalue weighted by Crippen LogP contribution is 2.39. The van der Waals surface area contributed by atoms with Gasteiger partial charge in [0.05, 0.1) is 0 Å². The Hall–Kier alpha value is -0.930. The Bertz CT molecular complexity index is 269. The van der Waals surface area contributed by atoms with Crippen LogP contribution in [0, 0.1) is 0 Å². The molecule has 64 valence electrons. The Labute approximate surface area is 70.3 Å². The second-order valence-corrected chi connectivity index (χ2v) is 3.16. The number of aliphatic hydroxyl groups is 1. The van der Waals surface area contributed by atoms with Crippen LogP contribution in [-0.2, 0) is 9.53 Å². The maximum absolute atomic E-state index is 11.3. The van der Waals surface area contributed by atoms with Crippen LogP contribution in [0.2, 0.25) is 0 Å². The lowest BCUT2D eigenvalue weighted by Gasteiger charge is -2.23. The van der Waals surface area contributed by atoms with Crippen LogP contribution in [0.3, 0.4) is 0 Å². The van der Waals surface area contributed by atoms with Crippen molar-refractivity contribution in [3.63, 3.8) is 0 Å². The number of hydrogen-bond acceptors (Lipinski definition) is 3. The number of fused-ring (bicyclic) bond motifs is 1. The summed E-state index contributed by atoms with van der Waals surface area (Å²) in [4.78, 5) is 11.3. The first-order valence-electron chi connectivity index (χ1n) is 3.90. The number of ether oxygens (including phenoxy) is 1.